The molecule has 5 nitrogen and oxygen atoms in total. The van der Waals surface area contributed by atoms with Crippen LogP contribution in [0.15, 0.2) is 42.5 Å². The van der Waals surface area contributed by atoms with Crippen molar-refractivity contribution in [1.82, 2.24) is 0 Å². The predicted octanol–water partition coefficient (Wildman–Crippen LogP) is 6.42. The average Bonchev–Trinajstić information content (AvgIpc) is 2.75. The minimum Gasteiger partial charge on any atom is -0.493 e. The molecule has 5 heteroatoms. The van der Waals surface area contributed by atoms with Gasteiger partial charge in [0.25, 0.3) is 0 Å². The lowest BCUT2D eigenvalue weighted by Crippen LogP contribution is -2.25. The van der Waals surface area contributed by atoms with Crippen molar-refractivity contribution < 1.29 is 23.8 Å². The van der Waals surface area contributed by atoms with Gasteiger partial charge in [0, 0.05) is 17.2 Å². The average molecular weight is 439 g/mol. The Kier molecular flexibility index (Phi) is 9.06. The van der Waals surface area contributed by atoms with Crippen molar-refractivity contribution in [3.05, 3.63) is 59.2 Å². The van der Waals surface area contributed by atoms with E-state index in [0.29, 0.717) is 30.3 Å². The molecule has 2 aromatic rings. The topological polar surface area (TPSA) is 61.8 Å². The van der Waals surface area contributed by atoms with E-state index in [9.17, 15) is 9.59 Å². The Morgan fingerprint density at radius 3 is 2.06 bits per heavy atom. The van der Waals surface area contributed by atoms with Crippen LogP contribution in [0.2, 0.25) is 0 Å². The van der Waals surface area contributed by atoms with E-state index in [2.05, 4.69) is 6.92 Å². The smallest absolute Gasteiger partial charge is 0.316 e. The molecule has 0 fully saturated rings. The zero-order valence-electron chi connectivity index (χ0n) is 20.0. The van der Waals surface area contributed by atoms with Crippen LogP contribution in [-0.4, -0.2) is 25.0 Å². The molecular formula is C27H34O5. The molecule has 0 heterocycles. The van der Waals surface area contributed by atoms with E-state index in [1.807, 2.05) is 26.0 Å². The van der Waals surface area contributed by atoms with E-state index < -0.39 is 5.41 Å². The molecule has 0 aliphatic heterocycles. The van der Waals surface area contributed by atoms with Gasteiger partial charge in [-0.15, -0.1) is 0 Å². The van der Waals surface area contributed by atoms with Crippen molar-refractivity contribution in [3.63, 3.8) is 0 Å². The summed E-state index contributed by atoms with van der Waals surface area (Å²) in [6, 6.07) is 10.4. The van der Waals surface area contributed by atoms with Crippen LogP contribution in [0.25, 0.3) is 6.08 Å². The van der Waals surface area contributed by atoms with Crippen molar-refractivity contribution in [1.29, 1.82) is 0 Å². The molecule has 0 amide bonds. The number of carbonyl (C=O) groups is 2. The standard InChI is InChI=1S/C27H34O5/c1-7-15-30-24-18-25(31-16-8-2)21(17-19(24)3)11-14-23(28)20-9-12-22(13-10-20)32-26(29)27(4,5)6/h9-14,17-18H,7-8,15-16H2,1-6H3. The number of carbonyl (C=O) groups excluding carboxylic acids is 2. The van der Waals surface area contributed by atoms with Gasteiger partial charge < -0.3 is 14.2 Å². The first kappa shape index (κ1) is 25.2. The molecule has 0 N–H and O–H groups in total. The molecular weight excluding hydrogens is 404 g/mol. The van der Waals surface area contributed by atoms with Crippen molar-refractivity contribution in [3.8, 4) is 17.2 Å². The second-order valence-corrected chi connectivity index (χ2v) is 8.71. The number of aryl methyl sites for hydroxylation is 1. The fourth-order valence-corrected chi connectivity index (χ4v) is 2.74. The van der Waals surface area contributed by atoms with Crippen molar-refractivity contribution in [2.45, 2.75) is 54.4 Å². The third-order valence-electron chi connectivity index (χ3n) is 4.61. The highest BCUT2D eigenvalue weighted by atomic mass is 16.5. The molecule has 32 heavy (non-hydrogen) atoms. The summed E-state index contributed by atoms with van der Waals surface area (Å²) >= 11 is 0. The Labute approximate surface area is 191 Å². The number of allylic oxidation sites excluding steroid dienone is 1. The lowest BCUT2D eigenvalue weighted by atomic mass is 9.97. The molecule has 0 bridgehead atoms. The molecule has 0 saturated heterocycles. The molecule has 0 aliphatic carbocycles. The molecule has 172 valence electrons. The van der Waals surface area contributed by atoms with Crippen molar-refractivity contribution in [2.24, 2.45) is 5.41 Å². The van der Waals surface area contributed by atoms with E-state index >= 15 is 0 Å². The van der Waals surface area contributed by atoms with Gasteiger partial charge in [-0.3, -0.25) is 9.59 Å². The highest BCUT2D eigenvalue weighted by molar-refractivity contribution is 6.07. The van der Waals surface area contributed by atoms with Gasteiger partial charge in [0.05, 0.1) is 18.6 Å². The molecule has 0 aliphatic rings. The highest BCUT2D eigenvalue weighted by Crippen LogP contribution is 2.30. The Morgan fingerprint density at radius 1 is 0.906 bits per heavy atom. The van der Waals surface area contributed by atoms with Crippen LogP contribution in [0, 0.1) is 12.3 Å². The van der Waals surface area contributed by atoms with Gasteiger partial charge in [0.1, 0.15) is 17.2 Å². The zero-order valence-corrected chi connectivity index (χ0v) is 20.0. The zero-order chi connectivity index (χ0) is 23.7. The van der Waals surface area contributed by atoms with Crippen LogP contribution >= 0.6 is 0 Å². The second-order valence-electron chi connectivity index (χ2n) is 8.71. The van der Waals surface area contributed by atoms with Crippen LogP contribution in [0.5, 0.6) is 17.2 Å². The van der Waals surface area contributed by atoms with Gasteiger partial charge in [-0.05, 0) is 88.6 Å². The first-order chi connectivity index (χ1) is 15.2. The second kappa shape index (κ2) is 11.5. The number of hydrogen-bond donors (Lipinski definition) is 0. The van der Waals surface area contributed by atoms with Gasteiger partial charge in [-0.1, -0.05) is 13.8 Å². The Balaban J connectivity index is 2.18. The van der Waals surface area contributed by atoms with E-state index in [4.69, 9.17) is 14.2 Å². The summed E-state index contributed by atoms with van der Waals surface area (Å²) in [5.41, 5.74) is 1.72. The summed E-state index contributed by atoms with van der Waals surface area (Å²) in [7, 11) is 0. The van der Waals surface area contributed by atoms with E-state index in [1.165, 1.54) is 6.08 Å². The highest BCUT2D eigenvalue weighted by Gasteiger charge is 2.23. The lowest BCUT2D eigenvalue weighted by Gasteiger charge is -2.16. The SMILES string of the molecule is CCCOc1cc(OCCC)c(C=CC(=O)c2ccc(OC(=O)C(C)(C)C)cc2)cc1C. The maximum absolute atomic E-state index is 12.7. The predicted molar refractivity (Wildman–Crippen MR) is 128 cm³/mol. The summed E-state index contributed by atoms with van der Waals surface area (Å²) in [5, 5.41) is 0. The summed E-state index contributed by atoms with van der Waals surface area (Å²) in [4.78, 5) is 24.7. The van der Waals surface area contributed by atoms with Gasteiger partial charge in [-0.25, -0.2) is 0 Å². The Bertz CT molecular complexity index is 949. The van der Waals surface area contributed by atoms with Crippen LogP contribution < -0.4 is 14.2 Å². The molecule has 2 aromatic carbocycles. The molecule has 0 atom stereocenters. The van der Waals surface area contributed by atoms with Crippen LogP contribution in [0.3, 0.4) is 0 Å². The first-order valence-corrected chi connectivity index (χ1v) is 11.1. The summed E-state index contributed by atoms with van der Waals surface area (Å²) in [6.07, 6.45) is 5.09. The molecule has 0 spiro atoms. The van der Waals surface area contributed by atoms with Gasteiger partial charge >= 0.3 is 5.97 Å². The van der Waals surface area contributed by atoms with Gasteiger partial charge in [0.15, 0.2) is 5.78 Å². The number of ketones is 1. The number of esters is 1. The Hall–Kier alpha value is -3.08. The minimum absolute atomic E-state index is 0.149. The third-order valence-corrected chi connectivity index (χ3v) is 4.61. The van der Waals surface area contributed by atoms with E-state index in [0.717, 1.165) is 29.7 Å². The normalized spacial score (nSPS) is 11.4. The van der Waals surface area contributed by atoms with Gasteiger partial charge in [-0.2, -0.15) is 0 Å². The number of hydrogen-bond acceptors (Lipinski definition) is 5. The fourth-order valence-electron chi connectivity index (χ4n) is 2.74. The van der Waals surface area contributed by atoms with Crippen LogP contribution in [-0.2, 0) is 4.79 Å². The number of benzene rings is 2. The lowest BCUT2D eigenvalue weighted by molar-refractivity contribution is -0.143. The molecule has 0 unspecified atom stereocenters. The molecule has 2 rings (SSSR count). The first-order valence-electron chi connectivity index (χ1n) is 11.1. The third kappa shape index (κ3) is 7.26. The monoisotopic (exact) mass is 438 g/mol. The molecule has 0 saturated carbocycles. The van der Waals surface area contributed by atoms with Crippen LogP contribution in [0.4, 0.5) is 0 Å². The molecule has 0 radical (unpaired) electrons. The summed E-state index contributed by atoms with van der Waals surface area (Å²) < 4.78 is 17.0. The van der Waals surface area contributed by atoms with E-state index in [1.54, 1.807) is 51.1 Å². The maximum Gasteiger partial charge on any atom is 0.316 e. The van der Waals surface area contributed by atoms with Gasteiger partial charge in [0.2, 0.25) is 0 Å². The van der Waals surface area contributed by atoms with Crippen molar-refractivity contribution in [2.75, 3.05) is 13.2 Å². The van der Waals surface area contributed by atoms with Crippen LogP contribution in [0.1, 0.15) is 68.9 Å². The maximum atomic E-state index is 12.7. The summed E-state index contributed by atoms with van der Waals surface area (Å²) in [6.45, 7) is 12.7. The van der Waals surface area contributed by atoms with Crippen molar-refractivity contribution >= 4 is 17.8 Å². The number of ether oxygens (including phenoxy) is 3. The minimum atomic E-state index is -0.593. The summed E-state index contributed by atoms with van der Waals surface area (Å²) in [5.74, 6) is 1.43. The number of rotatable bonds is 10. The van der Waals surface area contributed by atoms with E-state index in [-0.39, 0.29) is 11.8 Å². The quantitative estimate of drug-likeness (QED) is 0.185. The molecule has 0 aromatic heterocycles. The largest absolute Gasteiger partial charge is 0.493 e. The Morgan fingerprint density at radius 2 is 1.50 bits per heavy atom. The fraction of sp³-hybridized carbons (Fsp3) is 0.407.